The Kier molecular flexibility index (Phi) is 4.71. The van der Waals surface area contributed by atoms with E-state index >= 15 is 0 Å². The summed E-state index contributed by atoms with van der Waals surface area (Å²) in [6.07, 6.45) is 0.805. The number of aryl methyl sites for hydroxylation is 2. The summed E-state index contributed by atoms with van der Waals surface area (Å²) in [5.41, 5.74) is 2.16. The van der Waals surface area contributed by atoms with Crippen molar-refractivity contribution >= 4 is 27.3 Å². The zero-order valence-corrected chi connectivity index (χ0v) is 13.5. The van der Waals surface area contributed by atoms with E-state index in [1.54, 1.807) is 11.3 Å². The SMILES string of the molecule is CNC(Cc1ccc(F)cc1Br)c1sc(C)nc1C. The Bertz CT molecular complexity index is 583. The molecule has 1 aromatic heterocycles. The lowest BCUT2D eigenvalue weighted by Gasteiger charge is -2.16. The zero-order valence-electron chi connectivity index (χ0n) is 11.1. The first-order valence-electron chi connectivity index (χ1n) is 6.06. The summed E-state index contributed by atoms with van der Waals surface area (Å²) in [6, 6.07) is 5.03. The van der Waals surface area contributed by atoms with Crippen LogP contribution in [-0.4, -0.2) is 12.0 Å². The van der Waals surface area contributed by atoms with Gasteiger partial charge in [-0.05, 0) is 45.0 Å². The second kappa shape index (κ2) is 6.11. The lowest BCUT2D eigenvalue weighted by molar-refractivity contribution is 0.592. The highest BCUT2D eigenvalue weighted by atomic mass is 79.9. The number of nitrogens with one attached hydrogen (secondary N) is 1. The summed E-state index contributed by atoms with van der Waals surface area (Å²) in [5.74, 6) is -0.221. The zero-order chi connectivity index (χ0) is 14.0. The van der Waals surface area contributed by atoms with Gasteiger partial charge >= 0.3 is 0 Å². The van der Waals surface area contributed by atoms with Gasteiger partial charge in [0, 0.05) is 15.4 Å². The predicted molar refractivity (Wildman–Crippen MR) is 81.2 cm³/mol. The number of halogens is 2. The van der Waals surface area contributed by atoms with Crippen LogP contribution in [0.3, 0.4) is 0 Å². The summed E-state index contributed by atoms with van der Waals surface area (Å²) >= 11 is 5.13. The molecule has 0 aliphatic heterocycles. The van der Waals surface area contributed by atoms with Crippen molar-refractivity contribution in [3.63, 3.8) is 0 Å². The smallest absolute Gasteiger partial charge is 0.124 e. The first-order valence-corrected chi connectivity index (χ1v) is 7.67. The molecule has 1 heterocycles. The summed E-state index contributed by atoms with van der Waals surface area (Å²) in [4.78, 5) is 5.71. The van der Waals surface area contributed by atoms with Gasteiger partial charge in [0.05, 0.1) is 10.7 Å². The van der Waals surface area contributed by atoms with Crippen LogP contribution >= 0.6 is 27.3 Å². The fourth-order valence-electron chi connectivity index (χ4n) is 2.10. The maximum atomic E-state index is 13.1. The minimum absolute atomic E-state index is 0.202. The van der Waals surface area contributed by atoms with Crippen LogP contribution in [0.1, 0.15) is 27.2 Å². The van der Waals surface area contributed by atoms with Crippen molar-refractivity contribution in [2.75, 3.05) is 7.05 Å². The number of thiazole rings is 1. The maximum absolute atomic E-state index is 13.1. The van der Waals surface area contributed by atoms with Crippen molar-refractivity contribution in [3.05, 3.63) is 49.6 Å². The lowest BCUT2D eigenvalue weighted by atomic mass is 10.0. The third kappa shape index (κ3) is 3.41. The number of hydrogen-bond acceptors (Lipinski definition) is 3. The molecule has 0 spiro atoms. The highest BCUT2D eigenvalue weighted by Gasteiger charge is 2.17. The maximum Gasteiger partial charge on any atom is 0.124 e. The molecular weight excluding hydrogens is 327 g/mol. The Morgan fingerprint density at radius 1 is 1.42 bits per heavy atom. The van der Waals surface area contributed by atoms with Crippen LogP contribution in [0.5, 0.6) is 0 Å². The molecule has 2 rings (SSSR count). The van der Waals surface area contributed by atoms with E-state index in [1.165, 1.54) is 17.0 Å². The molecule has 0 saturated carbocycles. The molecule has 2 nitrogen and oxygen atoms in total. The van der Waals surface area contributed by atoms with Gasteiger partial charge in [-0.25, -0.2) is 9.37 Å². The Morgan fingerprint density at radius 2 is 2.16 bits per heavy atom. The number of rotatable bonds is 4. The third-order valence-corrected chi connectivity index (χ3v) is 4.97. The molecular formula is C14H16BrFN2S. The van der Waals surface area contributed by atoms with Crippen LogP contribution in [0.4, 0.5) is 4.39 Å². The van der Waals surface area contributed by atoms with E-state index < -0.39 is 0 Å². The van der Waals surface area contributed by atoms with E-state index in [4.69, 9.17) is 0 Å². The number of benzene rings is 1. The van der Waals surface area contributed by atoms with Gasteiger partial charge in [0.2, 0.25) is 0 Å². The van der Waals surface area contributed by atoms with Gasteiger partial charge in [-0.1, -0.05) is 22.0 Å². The van der Waals surface area contributed by atoms with Gasteiger partial charge < -0.3 is 5.32 Å². The van der Waals surface area contributed by atoms with E-state index in [2.05, 4.69) is 26.2 Å². The molecule has 2 aromatic rings. The molecule has 0 radical (unpaired) electrons. The van der Waals surface area contributed by atoms with E-state index in [0.717, 1.165) is 27.2 Å². The number of hydrogen-bond donors (Lipinski definition) is 1. The number of aromatic nitrogens is 1. The third-order valence-electron chi connectivity index (χ3n) is 3.04. The largest absolute Gasteiger partial charge is 0.312 e. The molecule has 0 saturated heterocycles. The predicted octanol–water partition coefficient (Wildman–Crippen LogP) is 4.16. The minimum Gasteiger partial charge on any atom is -0.312 e. The molecule has 0 fully saturated rings. The van der Waals surface area contributed by atoms with Crippen molar-refractivity contribution in [1.82, 2.24) is 10.3 Å². The normalized spacial score (nSPS) is 12.7. The van der Waals surface area contributed by atoms with Crippen molar-refractivity contribution in [1.29, 1.82) is 0 Å². The quantitative estimate of drug-likeness (QED) is 0.902. The summed E-state index contributed by atoms with van der Waals surface area (Å²) in [7, 11) is 1.94. The van der Waals surface area contributed by atoms with E-state index in [9.17, 15) is 4.39 Å². The van der Waals surface area contributed by atoms with Crippen LogP contribution in [-0.2, 0) is 6.42 Å². The van der Waals surface area contributed by atoms with Crippen LogP contribution in [0.15, 0.2) is 22.7 Å². The highest BCUT2D eigenvalue weighted by Crippen LogP contribution is 2.29. The topological polar surface area (TPSA) is 24.9 Å². The second-order valence-corrected chi connectivity index (χ2v) is 6.55. The van der Waals surface area contributed by atoms with Gasteiger partial charge in [-0.3, -0.25) is 0 Å². The minimum atomic E-state index is -0.221. The standard InChI is InChI=1S/C14H16BrFN2S/c1-8-14(19-9(2)18-8)13(17-3)6-10-4-5-11(16)7-12(10)15/h4-5,7,13,17H,6H2,1-3H3. The summed E-state index contributed by atoms with van der Waals surface area (Å²) < 4.78 is 13.9. The monoisotopic (exact) mass is 342 g/mol. The fourth-order valence-corrected chi connectivity index (χ4v) is 3.65. The number of likely N-dealkylation sites (N-methyl/N-ethyl adjacent to an activating group) is 1. The molecule has 0 amide bonds. The number of nitrogens with zero attached hydrogens (tertiary/aromatic N) is 1. The first-order chi connectivity index (χ1) is 9.01. The van der Waals surface area contributed by atoms with Gasteiger partial charge in [-0.2, -0.15) is 0 Å². The van der Waals surface area contributed by atoms with E-state index in [1.807, 2.05) is 27.0 Å². The average molecular weight is 343 g/mol. The van der Waals surface area contributed by atoms with Crippen LogP contribution < -0.4 is 5.32 Å². The molecule has 102 valence electrons. The summed E-state index contributed by atoms with van der Waals surface area (Å²) in [6.45, 7) is 4.05. The Labute approximate surface area is 125 Å². The van der Waals surface area contributed by atoms with Crippen LogP contribution in [0, 0.1) is 19.7 Å². The van der Waals surface area contributed by atoms with Crippen LogP contribution in [0.2, 0.25) is 0 Å². The highest BCUT2D eigenvalue weighted by molar-refractivity contribution is 9.10. The molecule has 1 unspecified atom stereocenters. The van der Waals surface area contributed by atoms with Gasteiger partial charge in [0.15, 0.2) is 0 Å². The van der Waals surface area contributed by atoms with Crippen molar-refractivity contribution < 1.29 is 4.39 Å². The molecule has 1 atom stereocenters. The molecule has 1 aromatic carbocycles. The van der Waals surface area contributed by atoms with Crippen molar-refractivity contribution in [2.24, 2.45) is 0 Å². The molecule has 19 heavy (non-hydrogen) atoms. The molecule has 0 aliphatic carbocycles. The lowest BCUT2D eigenvalue weighted by Crippen LogP contribution is -2.18. The van der Waals surface area contributed by atoms with Gasteiger partial charge in [0.25, 0.3) is 0 Å². The van der Waals surface area contributed by atoms with E-state index in [0.29, 0.717) is 0 Å². The van der Waals surface area contributed by atoms with Gasteiger partial charge in [0.1, 0.15) is 5.82 Å². The fraction of sp³-hybridized carbons (Fsp3) is 0.357. The second-order valence-electron chi connectivity index (χ2n) is 4.46. The van der Waals surface area contributed by atoms with Gasteiger partial charge in [-0.15, -0.1) is 11.3 Å². The summed E-state index contributed by atoms with van der Waals surface area (Å²) in [5, 5.41) is 4.39. The Morgan fingerprint density at radius 3 is 2.68 bits per heavy atom. The van der Waals surface area contributed by atoms with Crippen LogP contribution in [0.25, 0.3) is 0 Å². The average Bonchev–Trinajstić information content (AvgIpc) is 2.68. The van der Waals surface area contributed by atoms with Crippen molar-refractivity contribution in [2.45, 2.75) is 26.3 Å². The molecule has 1 N–H and O–H groups in total. The Hall–Kier alpha value is -0.780. The molecule has 5 heteroatoms. The molecule has 0 bridgehead atoms. The van der Waals surface area contributed by atoms with E-state index in [-0.39, 0.29) is 11.9 Å². The Balaban J connectivity index is 2.26. The molecule has 0 aliphatic rings. The first kappa shape index (κ1) is 14.6. The van der Waals surface area contributed by atoms with Crippen molar-refractivity contribution in [3.8, 4) is 0 Å².